The van der Waals surface area contributed by atoms with Crippen LogP contribution in [0.5, 0.6) is 0 Å². The first-order chi connectivity index (χ1) is 10.7. The first-order valence-corrected chi connectivity index (χ1v) is 7.13. The molecule has 0 N–H and O–H groups in total. The molecule has 0 heterocycles. The predicted octanol–water partition coefficient (Wildman–Crippen LogP) is 3.07. The molecule has 0 bridgehead atoms. The van der Waals surface area contributed by atoms with Crippen LogP contribution in [-0.2, 0) is 22.6 Å². The summed E-state index contributed by atoms with van der Waals surface area (Å²) >= 11 is 0. The summed E-state index contributed by atoms with van der Waals surface area (Å²) in [7, 11) is 1.58. The van der Waals surface area contributed by atoms with Crippen molar-refractivity contribution in [3.8, 4) is 0 Å². The lowest BCUT2D eigenvalue weighted by atomic mass is 10.1. The molecule has 0 saturated carbocycles. The average molecular weight is 297 g/mol. The zero-order valence-electron chi connectivity index (χ0n) is 12.5. The van der Waals surface area contributed by atoms with E-state index in [-0.39, 0.29) is 6.61 Å². The molecule has 1 amide bonds. The van der Waals surface area contributed by atoms with Gasteiger partial charge in [0.1, 0.15) is 12.9 Å². The van der Waals surface area contributed by atoms with Crippen molar-refractivity contribution in [3.05, 3.63) is 71.8 Å². The van der Waals surface area contributed by atoms with Crippen molar-refractivity contribution in [2.24, 2.45) is 0 Å². The van der Waals surface area contributed by atoms with E-state index in [1.165, 1.54) is 4.90 Å². The topological polar surface area (TPSA) is 46.6 Å². The zero-order chi connectivity index (χ0) is 15.8. The van der Waals surface area contributed by atoms with E-state index in [1.807, 2.05) is 60.7 Å². The number of aldehydes is 1. The summed E-state index contributed by atoms with van der Waals surface area (Å²) < 4.78 is 5.24. The van der Waals surface area contributed by atoms with Crippen LogP contribution in [-0.4, -0.2) is 30.4 Å². The van der Waals surface area contributed by atoms with Gasteiger partial charge in [-0.1, -0.05) is 60.7 Å². The Morgan fingerprint density at radius 1 is 1.05 bits per heavy atom. The Kier molecular flexibility index (Phi) is 5.72. The maximum absolute atomic E-state index is 12.1. The minimum atomic E-state index is -0.536. The highest BCUT2D eigenvalue weighted by Crippen LogP contribution is 2.09. The molecule has 0 fully saturated rings. The fourth-order valence-corrected chi connectivity index (χ4v) is 2.09. The number of benzene rings is 2. The van der Waals surface area contributed by atoms with E-state index in [9.17, 15) is 9.59 Å². The smallest absolute Gasteiger partial charge is 0.410 e. The standard InChI is InChI=1S/C18H19NO3/c1-19(17(13-20)12-15-8-4-2-5-9-15)18(21)22-14-16-10-6-3-7-11-16/h2-11,13,17H,12,14H2,1H3/t17-/m1/s1. The van der Waals surface area contributed by atoms with Crippen molar-refractivity contribution < 1.29 is 14.3 Å². The van der Waals surface area contributed by atoms with Crippen molar-refractivity contribution in [2.75, 3.05) is 7.05 Å². The molecular formula is C18H19NO3. The van der Waals surface area contributed by atoms with Gasteiger partial charge in [0.15, 0.2) is 0 Å². The number of nitrogens with zero attached hydrogens (tertiary/aromatic N) is 1. The van der Waals surface area contributed by atoms with Crippen molar-refractivity contribution in [1.29, 1.82) is 0 Å². The SMILES string of the molecule is CN(C(=O)OCc1ccccc1)[C@@H](C=O)Cc1ccccc1. The second kappa shape index (κ2) is 7.98. The summed E-state index contributed by atoms with van der Waals surface area (Å²) in [5, 5.41) is 0. The number of ether oxygens (including phenoxy) is 1. The molecule has 2 rings (SSSR count). The fourth-order valence-electron chi connectivity index (χ4n) is 2.09. The molecule has 0 aromatic heterocycles. The Labute approximate surface area is 130 Å². The summed E-state index contributed by atoms with van der Waals surface area (Å²) in [6, 6.07) is 18.5. The first-order valence-electron chi connectivity index (χ1n) is 7.13. The van der Waals surface area contributed by atoms with E-state index >= 15 is 0 Å². The van der Waals surface area contributed by atoms with Gasteiger partial charge in [-0.3, -0.25) is 0 Å². The third kappa shape index (κ3) is 4.45. The van der Waals surface area contributed by atoms with Gasteiger partial charge in [-0.2, -0.15) is 0 Å². The number of carbonyl (C=O) groups excluding carboxylic acids is 2. The summed E-state index contributed by atoms with van der Waals surface area (Å²) in [4.78, 5) is 24.7. The van der Waals surface area contributed by atoms with E-state index in [2.05, 4.69) is 0 Å². The Hall–Kier alpha value is -2.62. The lowest BCUT2D eigenvalue weighted by Crippen LogP contribution is -2.39. The van der Waals surface area contributed by atoms with Crippen molar-refractivity contribution in [3.63, 3.8) is 0 Å². The van der Waals surface area contributed by atoms with Crippen LogP contribution in [0.15, 0.2) is 60.7 Å². The summed E-state index contributed by atoms with van der Waals surface area (Å²) in [6.07, 6.45) is 0.745. The van der Waals surface area contributed by atoms with E-state index in [4.69, 9.17) is 4.74 Å². The van der Waals surface area contributed by atoms with Crippen LogP contribution in [0.3, 0.4) is 0 Å². The predicted molar refractivity (Wildman–Crippen MR) is 84.4 cm³/mol. The van der Waals surface area contributed by atoms with Gasteiger partial charge in [-0.15, -0.1) is 0 Å². The molecule has 4 heteroatoms. The molecule has 2 aromatic carbocycles. The van der Waals surface area contributed by atoms with Crippen molar-refractivity contribution >= 4 is 12.4 Å². The van der Waals surface area contributed by atoms with Crippen LogP contribution >= 0.6 is 0 Å². The summed E-state index contributed by atoms with van der Waals surface area (Å²) in [6.45, 7) is 0.195. The highest BCUT2D eigenvalue weighted by molar-refractivity contribution is 5.73. The van der Waals surface area contributed by atoms with Crippen LogP contribution in [0.25, 0.3) is 0 Å². The Morgan fingerprint density at radius 2 is 1.59 bits per heavy atom. The molecule has 0 aliphatic rings. The molecule has 1 atom stereocenters. The van der Waals surface area contributed by atoms with Crippen molar-refractivity contribution in [1.82, 2.24) is 4.90 Å². The molecule has 0 unspecified atom stereocenters. The summed E-state index contributed by atoms with van der Waals surface area (Å²) in [5.74, 6) is 0. The average Bonchev–Trinajstić information content (AvgIpc) is 2.58. The van der Waals surface area contributed by atoms with E-state index in [0.717, 1.165) is 17.4 Å². The number of rotatable bonds is 6. The minimum absolute atomic E-state index is 0.195. The van der Waals surface area contributed by atoms with Gasteiger partial charge in [0.05, 0.1) is 6.04 Å². The lowest BCUT2D eigenvalue weighted by molar-refractivity contribution is -0.111. The molecule has 0 aliphatic carbocycles. The van der Waals surface area contributed by atoms with Gasteiger partial charge in [0.2, 0.25) is 0 Å². The number of likely N-dealkylation sites (N-methyl/N-ethyl adjacent to an activating group) is 1. The van der Waals surface area contributed by atoms with Gasteiger partial charge >= 0.3 is 6.09 Å². The van der Waals surface area contributed by atoms with Crippen LogP contribution in [0.4, 0.5) is 4.79 Å². The first kappa shape index (κ1) is 15.8. The van der Waals surface area contributed by atoms with Gasteiger partial charge in [-0.05, 0) is 17.5 Å². The monoisotopic (exact) mass is 297 g/mol. The highest BCUT2D eigenvalue weighted by atomic mass is 16.6. The van der Waals surface area contributed by atoms with Crippen LogP contribution in [0, 0.1) is 0 Å². The molecule has 0 radical (unpaired) electrons. The molecule has 0 aliphatic heterocycles. The van der Waals surface area contributed by atoms with E-state index in [1.54, 1.807) is 7.05 Å². The molecular weight excluding hydrogens is 278 g/mol. The number of hydrogen-bond donors (Lipinski definition) is 0. The van der Waals surface area contributed by atoms with Gasteiger partial charge in [-0.25, -0.2) is 4.79 Å². The maximum atomic E-state index is 12.1. The second-order valence-corrected chi connectivity index (χ2v) is 5.04. The molecule has 0 spiro atoms. The normalized spacial score (nSPS) is 11.5. The molecule has 2 aromatic rings. The van der Waals surface area contributed by atoms with Gasteiger partial charge in [0, 0.05) is 7.05 Å². The van der Waals surface area contributed by atoms with Gasteiger partial charge < -0.3 is 14.4 Å². The Balaban J connectivity index is 1.91. The van der Waals surface area contributed by atoms with Crippen LogP contribution in [0.1, 0.15) is 11.1 Å². The van der Waals surface area contributed by atoms with Gasteiger partial charge in [0.25, 0.3) is 0 Å². The van der Waals surface area contributed by atoms with Crippen LogP contribution in [0.2, 0.25) is 0 Å². The minimum Gasteiger partial charge on any atom is -0.445 e. The van der Waals surface area contributed by atoms with Crippen molar-refractivity contribution in [2.45, 2.75) is 19.1 Å². The van der Waals surface area contributed by atoms with Crippen LogP contribution < -0.4 is 0 Å². The molecule has 114 valence electrons. The lowest BCUT2D eigenvalue weighted by Gasteiger charge is -2.23. The maximum Gasteiger partial charge on any atom is 0.410 e. The second-order valence-electron chi connectivity index (χ2n) is 5.04. The van der Waals surface area contributed by atoms with E-state index < -0.39 is 12.1 Å². The number of amides is 1. The zero-order valence-corrected chi connectivity index (χ0v) is 12.5. The third-order valence-electron chi connectivity index (χ3n) is 3.44. The number of carbonyl (C=O) groups is 2. The van der Waals surface area contributed by atoms with E-state index in [0.29, 0.717) is 6.42 Å². The molecule has 22 heavy (non-hydrogen) atoms. The highest BCUT2D eigenvalue weighted by Gasteiger charge is 2.20. The largest absolute Gasteiger partial charge is 0.445 e. The fraction of sp³-hybridized carbons (Fsp3) is 0.222. The quantitative estimate of drug-likeness (QED) is 0.770. The number of hydrogen-bond acceptors (Lipinski definition) is 3. The molecule has 4 nitrogen and oxygen atoms in total. The summed E-state index contributed by atoms with van der Waals surface area (Å²) in [5.41, 5.74) is 1.91. The third-order valence-corrected chi connectivity index (χ3v) is 3.44. The molecule has 0 saturated heterocycles. The Morgan fingerprint density at radius 3 is 2.14 bits per heavy atom. The Bertz CT molecular complexity index is 598.